The van der Waals surface area contributed by atoms with Crippen LogP contribution in [0.25, 0.3) is 0 Å². The van der Waals surface area contributed by atoms with Gasteiger partial charge in [0, 0.05) is 27.4 Å². The molecule has 0 aromatic heterocycles. The fourth-order valence-electron chi connectivity index (χ4n) is 2.19. The van der Waals surface area contributed by atoms with Gasteiger partial charge in [0.15, 0.2) is 0 Å². The normalized spacial score (nSPS) is 12.3. The fraction of sp³-hybridized carbons (Fsp3) is 1.00. The molecule has 4 nitrogen and oxygen atoms in total. The third kappa shape index (κ3) is 11.1. The second-order valence-corrected chi connectivity index (χ2v) is 9.27. The fourth-order valence-corrected chi connectivity index (χ4v) is 3.99. The highest BCUT2D eigenvalue weighted by Gasteiger charge is 2.36. The lowest BCUT2D eigenvalue weighted by Gasteiger charge is -2.24. The molecule has 0 N–H and O–H groups in total. The molecular formula is C14H34ClNO3Si. The van der Waals surface area contributed by atoms with Crippen molar-refractivity contribution in [2.24, 2.45) is 0 Å². The van der Waals surface area contributed by atoms with Crippen molar-refractivity contribution < 1.29 is 30.2 Å². The van der Waals surface area contributed by atoms with Gasteiger partial charge < -0.3 is 30.2 Å². The van der Waals surface area contributed by atoms with Gasteiger partial charge in [0.2, 0.25) is 0 Å². The number of quaternary nitrogens is 1. The Kier molecular flexibility index (Phi) is 13.5. The van der Waals surface area contributed by atoms with Gasteiger partial charge in [0.25, 0.3) is 0 Å². The summed E-state index contributed by atoms with van der Waals surface area (Å²) in [6.07, 6.45) is 7.69. The molecule has 0 saturated carbocycles. The average Bonchev–Trinajstić information content (AvgIpc) is 2.37. The molecule has 0 rings (SSSR count). The number of halogens is 1. The monoisotopic (exact) mass is 327 g/mol. The third-order valence-electron chi connectivity index (χ3n) is 3.49. The topological polar surface area (TPSA) is 27.7 Å². The number of rotatable bonds is 12. The molecule has 124 valence electrons. The van der Waals surface area contributed by atoms with Crippen molar-refractivity contribution in [1.82, 2.24) is 0 Å². The summed E-state index contributed by atoms with van der Waals surface area (Å²) in [6.45, 7) is 1.27. The van der Waals surface area contributed by atoms with Crippen molar-refractivity contribution in [3.05, 3.63) is 0 Å². The summed E-state index contributed by atoms with van der Waals surface area (Å²) in [5.41, 5.74) is 0. The highest BCUT2D eigenvalue weighted by molar-refractivity contribution is 6.60. The summed E-state index contributed by atoms with van der Waals surface area (Å²) < 4.78 is 17.3. The molecule has 0 aliphatic carbocycles. The minimum Gasteiger partial charge on any atom is -1.00 e. The van der Waals surface area contributed by atoms with E-state index in [0.717, 1.165) is 16.9 Å². The predicted octanol–water partition coefficient (Wildman–Crippen LogP) is -0.0847. The first-order chi connectivity index (χ1) is 8.89. The van der Waals surface area contributed by atoms with E-state index in [4.69, 9.17) is 13.3 Å². The molecule has 0 aromatic carbocycles. The van der Waals surface area contributed by atoms with Crippen LogP contribution in [0.2, 0.25) is 6.04 Å². The molecule has 20 heavy (non-hydrogen) atoms. The van der Waals surface area contributed by atoms with Crippen LogP contribution in [0.5, 0.6) is 0 Å². The first kappa shape index (κ1) is 22.6. The second kappa shape index (κ2) is 11.9. The molecule has 0 saturated heterocycles. The van der Waals surface area contributed by atoms with Crippen LogP contribution in [-0.2, 0) is 13.3 Å². The van der Waals surface area contributed by atoms with E-state index < -0.39 is 8.80 Å². The Balaban J connectivity index is 0. The van der Waals surface area contributed by atoms with Gasteiger partial charge in [-0.25, -0.2) is 0 Å². The maximum Gasteiger partial charge on any atom is 0.500 e. The molecule has 0 bridgehead atoms. The van der Waals surface area contributed by atoms with E-state index in [1.807, 2.05) is 0 Å². The number of hydrogen-bond donors (Lipinski definition) is 0. The van der Waals surface area contributed by atoms with E-state index in [-0.39, 0.29) is 12.4 Å². The molecule has 0 unspecified atom stereocenters. The molecule has 0 aliphatic rings. The Morgan fingerprint density at radius 1 is 0.700 bits per heavy atom. The number of nitrogens with zero attached hydrogens (tertiary/aromatic N) is 1. The Morgan fingerprint density at radius 2 is 1.10 bits per heavy atom. The van der Waals surface area contributed by atoms with Gasteiger partial charge in [-0.05, 0) is 19.3 Å². The second-order valence-electron chi connectivity index (χ2n) is 6.18. The van der Waals surface area contributed by atoms with Gasteiger partial charge in [-0.3, -0.25) is 0 Å². The molecule has 0 heterocycles. The quantitative estimate of drug-likeness (QED) is 0.285. The van der Waals surface area contributed by atoms with Gasteiger partial charge in [-0.15, -0.1) is 0 Å². The van der Waals surface area contributed by atoms with Gasteiger partial charge in [0.1, 0.15) is 0 Å². The van der Waals surface area contributed by atoms with Crippen molar-refractivity contribution in [3.63, 3.8) is 0 Å². The summed E-state index contributed by atoms with van der Waals surface area (Å²) >= 11 is 0. The maximum absolute atomic E-state index is 5.41. The zero-order valence-electron chi connectivity index (χ0n) is 14.2. The van der Waals surface area contributed by atoms with Crippen molar-refractivity contribution in [1.29, 1.82) is 0 Å². The van der Waals surface area contributed by atoms with E-state index in [1.54, 1.807) is 21.3 Å². The van der Waals surface area contributed by atoms with Gasteiger partial charge in [0.05, 0.1) is 27.7 Å². The summed E-state index contributed by atoms with van der Waals surface area (Å²) in [7, 11) is 9.50. The van der Waals surface area contributed by atoms with Crippen LogP contribution in [0.15, 0.2) is 0 Å². The van der Waals surface area contributed by atoms with Crippen molar-refractivity contribution in [2.75, 3.05) is 49.0 Å². The Labute approximate surface area is 133 Å². The molecule has 0 spiro atoms. The lowest BCUT2D eigenvalue weighted by atomic mass is 10.1. The third-order valence-corrected chi connectivity index (χ3v) is 6.33. The van der Waals surface area contributed by atoms with E-state index in [1.165, 1.54) is 38.6 Å². The summed E-state index contributed by atoms with van der Waals surface area (Å²) in [5, 5.41) is 0. The molecule has 0 fully saturated rings. The van der Waals surface area contributed by atoms with Crippen molar-refractivity contribution in [3.8, 4) is 0 Å². The molecule has 6 heteroatoms. The lowest BCUT2D eigenvalue weighted by molar-refractivity contribution is -0.870. The van der Waals surface area contributed by atoms with E-state index in [9.17, 15) is 0 Å². The maximum atomic E-state index is 5.41. The molecule has 0 amide bonds. The van der Waals surface area contributed by atoms with E-state index in [2.05, 4.69) is 21.1 Å². The van der Waals surface area contributed by atoms with Gasteiger partial charge >= 0.3 is 8.80 Å². The Hall–Kier alpha value is 0.347. The molecular weight excluding hydrogens is 294 g/mol. The van der Waals surface area contributed by atoms with Crippen LogP contribution in [0.1, 0.15) is 38.5 Å². The number of hydrogen-bond acceptors (Lipinski definition) is 3. The smallest absolute Gasteiger partial charge is 0.500 e. The Morgan fingerprint density at radius 3 is 1.50 bits per heavy atom. The van der Waals surface area contributed by atoms with Crippen LogP contribution < -0.4 is 12.4 Å². The zero-order valence-corrected chi connectivity index (χ0v) is 16.0. The minimum absolute atomic E-state index is 0. The summed E-state index contributed by atoms with van der Waals surface area (Å²) in [6, 6.07) is 0.926. The van der Waals surface area contributed by atoms with Crippen LogP contribution in [0.4, 0.5) is 0 Å². The highest BCUT2D eigenvalue weighted by Crippen LogP contribution is 2.18. The van der Waals surface area contributed by atoms with E-state index in [0.29, 0.717) is 0 Å². The van der Waals surface area contributed by atoms with Gasteiger partial charge in [-0.1, -0.05) is 19.3 Å². The zero-order chi connectivity index (χ0) is 14.8. The minimum atomic E-state index is -2.32. The predicted molar refractivity (Wildman–Crippen MR) is 82.2 cm³/mol. The lowest BCUT2D eigenvalue weighted by Crippen LogP contribution is -3.00. The van der Waals surface area contributed by atoms with Crippen LogP contribution >= 0.6 is 0 Å². The van der Waals surface area contributed by atoms with Crippen molar-refractivity contribution >= 4 is 8.80 Å². The van der Waals surface area contributed by atoms with Gasteiger partial charge in [-0.2, -0.15) is 0 Å². The van der Waals surface area contributed by atoms with E-state index >= 15 is 0 Å². The largest absolute Gasteiger partial charge is 1.00 e. The summed E-state index contributed by atoms with van der Waals surface area (Å²) in [4.78, 5) is 0. The van der Waals surface area contributed by atoms with Crippen LogP contribution in [-0.4, -0.2) is 62.3 Å². The molecule has 0 aliphatic heterocycles. The molecule has 0 atom stereocenters. The first-order valence-corrected chi connectivity index (χ1v) is 9.28. The average molecular weight is 328 g/mol. The number of unbranched alkanes of at least 4 members (excludes halogenated alkanes) is 5. The first-order valence-electron chi connectivity index (χ1n) is 7.35. The Bertz CT molecular complexity index is 213. The van der Waals surface area contributed by atoms with Crippen LogP contribution in [0.3, 0.4) is 0 Å². The summed E-state index contributed by atoms with van der Waals surface area (Å²) in [5.74, 6) is 0. The standard InChI is InChI=1S/C14H34NO3Si.ClH/c1-15(2,3)13-11-9-7-8-10-12-14-19(16-4,17-5)18-6;/h7-14H2,1-6H3;1H/q+1;/p-1. The van der Waals surface area contributed by atoms with Crippen LogP contribution in [0, 0.1) is 0 Å². The SMILES string of the molecule is CO[Si](CCCCCCCC[N+](C)(C)C)(OC)OC.[Cl-]. The highest BCUT2D eigenvalue weighted by atomic mass is 35.5. The molecule has 0 aromatic rings. The molecule has 0 radical (unpaired) electrons. The van der Waals surface area contributed by atoms with Crippen molar-refractivity contribution in [2.45, 2.75) is 44.6 Å².